The van der Waals surface area contributed by atoms with E-state index in [9.17, 15) is 14.4 Å². The van der Waals surface area contributed by atoms with Gasteiger partial charge >= 0.3 is 11.1 Å². The van der Waals surface area contributed by atoms with Crippen molar-refractivity contribution in [2.45, 2.75) is 38.8 Å². The van der Waals surface area contributed by atoms with Gasteiger partial charge in [-0.15, -0.1) is 0 Å². The van der Waals surface area contributed by atoms with Crippen LogP contribution in [-0.4, -0.2) is 45.6 Å². The second kappa shape index (κ2) is 7.86. The van der Waals surface area contributed by atoms with E-state index in [1.807, 2.05) is 0 Å². The van der Waals surface area contributed by atoms with Crippen LogP contribution in [0.5, 0.6) is 0 Å². The fourth-order valence-electron chi connectivity index (χ4n) is 3.64. The summed E-state index contributed by atoms with van der Waals surface area (Å²) >= 11 is 0. The van der Waals surface area contributed by atoms with Crippen molar-refractivity contribution >= 4 is 16.9 Å². The molecule has 7 nitrogen and oxygen atoms in total. The summed E-state index contributed by atoms with van der Waals surface area (Å²) in [4.78, 5) is 39.2. The van der Waals surface area contributed by atoms with Gasteiger partial charge in [-0.1, -0.05) is 18.6 Å². The molecule has 26 heavy (non-hydrogen) atoms. The van der Waals surface area contributed by atoms with E-state index < -0.39 is 11.1 Å². The Kier molecular flexibility index (Phi) is 5.56. The predicted molar refractivity (Wildman–Crippen MR) is 101 cm³/mol. The van der Waals surface area contributed by atoms with Crippen LogP contribution in [0.3, 0.4) is 0 Å². The van der Waals surface area contributed by atoms with Crippen LogP contribution in [0.15, 0.2) is 33.9 Å². The van der Waals surface area contributed by atoms with Gasteiger partial charge in [0.05, 0.1) is 11.0 Å². The molecule has 7 heteroatoms. The first-order chi connectivity index (χ1) is 12.5. The first kappa shape index (κ1) is 18.4. The van der Waals surface area contributed by atoms with Crippen LogP contribution >= 0.6 is 0 Å². The molecule has 140 valence electrons. The second-order valence-electron chi connectivity index (χ2n) is 6.97. The third-order valence-electron chi connectivity index (χ3n) is 5.23. The third-order valence-corrected chi connectivity index (χ3v) is 5.23. The highest BCUT2D eigenvalue weighted by molar-refractivity contribution is 5.80. The molecule has 1 aliphatic rings. The maximum atomic E-state index is 12.3. The standard InChI is InChI=1S/C19H26N4O3/c1-14-7-5-6-11-22(14)12-10-20-17(24)13-23-16-9-4-3-8-15(16)21(2)18(25)19(23)26/h3-4,8-9,14H,5-7,10-13H2,1-2H3,(H,20,24)/t14-/m1/s1. The number of nitrogens with zero attached hydrogens (tertiary/aromatic N) is 3. The number of para-hydroxylation sites is 2. The minimum Gasteiger partial charge on any atom is -0.353 e. The molecule has 1 atom stereocenters. The molecule has 2 heterocycles. The summed E-state index contributed by atoms with van der Waals surface area (Å²) < 4.78 is 2.58. The van der Waals surface area contributed by atoms with E-state index in [1.54, 1.807) is 31.3 Å². The molecule has 0 spiro atoms. The van der Waals surface area contributed by atoms with Crippen molar-refractivity contribution in [2.75, 3.05) is 19.6 Å². The summed E-state index contributed by atoms with van der Waals surface area (Å²) in [6.07, 6.45) is 3.67. The number of nitrogens with one attached hydrogen (secondary N) is 1. The van der Waals surface area contributed by atoms with Crippen molar-refractivity contribution in [3.8, 4) is 0 Å². The van der Waals surface area contributed by atoms with Crippen LogP contribution in [0.25, 0.3) is 11.0 Å². The lowest BCUT2D eigenvalue weighted by Crippen LogP contribution is -2.45. The van der Waals surface area contributed by atoms with Crippen LogP contribution < -0.4 is 16.4 Å². The Morgan fingerprint density at radius 1 is 1.15 bits per heavy atom. The Labute approximate surface area is 152 Å². The van der Waals surface area contributed by atoms with Crippen LogP contribution in [0.1, 0.15) is 26.2 Å². The molecule has 0 unspecified atom stereocenters. The number of carbonyl (C=O) groups excluding carboxylic acids is 1. The summed E-state index contributed by atoms with van der Waals surface area (Å²) in [5, 5.41) is 2.88. The van der Waals surface area contributed by atoms with Gasteiger partial charge in [0.15, 0.2) is 0 Å². The molecule has 0 bridgehead atoms. The zero-order valence-corrected chi connectivity index (χ0v) is 15.4. The number of rotatable bonds is 5. The molecule has 2 aromatic rings. The third kappa shape index (κ3) is 3.72. The van der Waals surface area contributed by atoms with Gasteiger partial charge in [0, 0.05) is 26.2 Å². The topological polar surface area (TPSA) is 76.3 Å². The highest BCUT2D eigenvalue weighted by atomic mass is 16.2. The number of benzene rings is 1. The highest BCUT2D eigenvalue weighted by Gasteiger charge is 2.18. The van der Waals surface area contributed by atoms with Crippen LogP contribution in [0.2, 0.25) is 0 Å². The number of fused-ring (bicyclic) bond motifs is 1. The summed E-state index contributed by atoms with van der Waals surface area (Å²) in [6, 6.07) is 7.65. The molecular weight excluding hydrogens is 332 g/mol. The molecule has 1 aromatic carbocycles. The largest absolute Gasteiger partial charge is 0.353 e. The molecule has 0 aliphatic carbocycles. The van der Waals surface area contributed by atoms with Gasteiger partial charge in [0.1, 0.15) is 6.54 Å². The fraction of sp³-hybridized carbons (Fsp3) is 0.526. The molecule has 1 amide bonds. The Hall–Kier alpha value is -2.41. The SMILES string of the molecule is C[C@@H]1CCCCN1CCNC(=O)Cn1c(=O)c(=O)n(C)c2ccccc21. The summed E-state index contributed by atoms with van der Waals surface area (Å²) in [5.74, 6) is -0.254. The molecule has 1 aromatic heterocycles. The van der Waals surface area contributed by atoms with E-state index in [0.717, 1.165) is 13.1 Å². The zero-order valence-electron chi connectivity index (χ0n) is 15.4. The average molecular weight is 358 g/mol. The molecule has 3 rings (SSSR count). The molecule has 0 saturated carbocycles. The molecule has 1 saturated heterocycles. The lowest BCUT2D eigenvalue weighted by Gasteiger charge is -2.33. The minimum absolute atomic E-state index is 0.148. The number of aromatic nitrogens is 2. The van der Waals surface area contributed by atoms with Gasteiger partial charge in [0.2, 0.25) is 5.91 Å². The van der Waals surface area contributed by atoms with Gasteiger partial charge in [-0.3, -0.25) is 23.9 Å². The van der Waals surface area contributed by atoms with E-state index in [0.29, 0.717) is 23.6 Å². The molecule has 1 N–H and O–H groups in total. The smallest absolute Gasteiger partial charge is 0.317 e. The van der Waals surface area contributed by atoms with Crippen LogP contribution in [0.4, 0.5) is 0 Å². The Morgan fingerprint density at radius 2 is 1.88 bits per heavy atom. The number of carbonyl (C=O) groups is 1. The summed E-state index contributed by atoms with van der Waals surface area (Å²) in [5.41, 5.74) is -0.0870. The predicted octanol–water partition coefficient (Wildman–Crippen LogP) is 0.691. The Bertz CT molecular complexity index is 915. The van der Waals surface area contributed by atoms with Gasteiger partial charge < -0.3 is 9.88 Å². The van der Waals surface area contributed by atoms with Gasteiger partial charge in [-0.05, 0) is 38.4 Å². The fourth-order valence-corrected chi connectivity index (χ4v) is 3.64. The minimum atomic E-state index is -0.675. The maximum absolute atomic E-state index is 12.3. The average Bonchev–Trinajstić information content (AvgIpc) is 2.65. The van der Waals surface area contributed by atoms with Crippen molar-refractivity contribution < 1.29 is 4.79 Å². The second-order valence-corrected chi connectivity index (χ2v) is 6.97. The number of aryl methyl sites for hydroxylation is 1. The number of hydrogen-bond donors (Lipinski definition) is 1. The number of hydrogen-bond acceptors (Lipinski definition) is 4. The monoisotopic (exact) mass is 358 g/mol. The molecule has 1 aliphatic heterocycles. The molecule has 1 fully saturated rings. The first-order valence-corrected chi connectivity index (χ1v) is 9.18. The van der Waals surface area contributed by atoms with Crippen molar-refractivity contribution in [1.82, 2.24) is 19.4 Å². The van der Waals surface area contributed by atoms with Crippen molar-refractivity contribution in [2.24, 2.45) is 7.05 Å². The lowest BCUT2D eigenvalue weighted by atomic mass is 10.0. The lowest BCUT2D eigenvalue weighted by molar-refractivity contribution is -0.121. The Balaban J connectivity index is 1.70. The highest BCUT2D eigenvalue weighted by Crippen LogP contribution is 2.15. The van der Waals surface area contributed by atoms with Crippen molar-refractivity contribution in [1.29, 1.82) is 0 Å². The van der Waals surface area contributed by atoms with E-state index in [4.69, 9.17) is 0 Å². The van der Waals surface area contributed by atoms with Gasteiger partial charge in [0.25, 0.3) is 0 Å². The quantitative estimate of drug-likeness (QED) is 0.798. The van der Waals surface area contributed by atoms with E-state index in [1.165, 1.54) is 28.4 Å². The molecular formula is C19H26N4O3. The van der Waals surface area contributed by atoms with E-state index in [-0.39, 0.29) is 12.5 Å². The molecule has 0 radical (unpaired) electrons. The number of amides is 1. The van der Waals surface area contributed by atoms with E-state index >= 15 is 0 Å². The van der Waals surface area contributed by atoms with E-state index in [2.05, 4.69) is 17.1 Å². The van der Waals surface area contributed by atoms with Crippen molar-refractivity contribution in [3.63, 3.8) is 0 Å². The van der Waals surface area contributed by atoms with Gasteiger partial charge in [-0.2, -0.15) is 0 Å². The first-order valence-electron chi connectivity index (χ1n) is 9.18. The maximum Gasteiger partial charge on any atom is 0.317 e. The summed E-state index contributed by atoms with van der Waals surface area (Å²) in [6.45, 7) is 4.48. The van der Waals surface area contributed by atoms with Crippen molar-refractivity contribution in [3.05, 3.63) is 45.0 Å². The number of likely N-dealkylation sites (tertiary alicyclic amines) is 1. The number of piperidine rings is 1. The summed E-state index contributed by atoms with van der Waals surface area (Å²) in [7, 11) is 1.57. The van der Waals surface area contributed by atoms with Gasteiger partial charge in [-0.25, -0.2) is 0 Å². The Morgan fingerprint density at radius 3 is 2.62 bits per heavy atom. The van der Waals surface area contributed by atoms with Crippen LogP contribution in [-0.2, 0) is 18.4 Å². The zero-order chi connectivity index (χ0) is 18.7. The normalized spacial score (nSPS) is 18.2. The van der Waals surface area contributed by atoms with Crippen LogP contribution in [0, 0.1) is 0 Å².